The lowest BCUT2D eigenvalue weighted by molar-refractivity contribution is -0.438. The highest BCUT2D eigenvalue weighted by Gasteiger charge is 2.46. The summed E-state index contributed by atoms with van der Waals surface area (Å²) < 4.78 is 166. The van der Waals surface area contributed by atoms with Gasteiger partial charge >= 0.3 is 0 Å². The van der Waals surface area contributed by atoms with Crippen LogP contribution in [-0.2, 0) is 67.9 Å². The van der Waals surface area contributed by atoms with Crippen molar-refractivity contribution in [3.63, 3.8) is 0 Å². The molecular weight excluding hydrogens is 1110 g/mol. The summed E-state index contributed by atoms with van der Waals surface area (Å²) in [7, 11) is -23.1. The molecule has 20 nitrogen and oxygen atoms in total. The molecule has 1 aromatic heterocycles. The molecule has 0 unspecified atom stereocenters. The molecule has 0 bridgehead atoms. The number of amides is 1. The van der Waals surface area contributed by atoms with Crippen LogP contribution >= 0.6 is 0 Å². The van der Waals surface area contributed by atoms with E-state index in [1.807, 2.05) is 39.0 Å². The van der Waals surface area contributed by atoms with Crippen molar-refractivity contribution in [1.29, 1.82) is 0 Å². The van der Waals surface area contributed by atoms with Crippen LogP contribution in [0.4, 0.5) is 11.4 Å². The van der Waals surface area contributed by atoms with Gasteiger partial charge in [-0.05, 0) is 120 Å². The first-order chi connectivity index (χ1) is 36.2. The van der Waals surface area contributed by atoms with Crippen LogP contribution in [0.3, 0.4) is 0 Å². The number of sulfonamides is 1. The molecule has 2 aliphatic heterocycles. The molecule has 25 heteroatoms. The molecule has 5 aromatic carbocycles. The van der Waals surface area contributed by atoms with Crippen LogP contribution in [0, 0.1) is 0 Å². The highest BCUT2D eigenvalue weighted by atomic mass is 32.2. The molecule has 78 heavy (non-hydrogen) atoms. The van der Waals surface area contributed by atoms with Crippen molar-refractivity contribution in [1.82, 2.24) is 10.3 Å². The Morgan fingerprint density at radius 1 is 0.718 bits per heavy atom. The Morgan fingerprint density at radius 2 is 1.37 bits per heavy atom. The summed E-state index contributed by atoms with van der Waals surface area (Å²) >= 11 is 0. The lowest BCUT2D eigenvalue weighted by Gasteiger charge is -2.27. The molecule has 0 spiro atoms. The average Bonchev–Trinajstić information content (AvgIpc) is 3.72. The first-order valence-corrected chi connectivity index (χ1v) is 31.6. The van der Waals surface area contributed by atoms with E-state index in [2.05, 4.69) is 14.9 Å². The largest absolute Gasteiger partial charge is 0.348 e. The van der Waals surface area contributed by atoms with Crippen LogP contribution in [0.5, 0.6) is 0 Å². The number of nitrogens with zero attached hydrogens (tertiary/aromatic N) is 3. The van der Waals surface area contributed by atoms with Crippen molar-refractivity contribution in [3.8, 4) is 0 Å². The van der Waals surface area contributed by atoms with Crippen molar-refractivity contribution >= 4 is 101 Å². The summed E-state index contributed by atoms with van der Waals surface area (Å²) in [5.41, 5.74) is 2.97. The third-order valence-corrected chi connectivity index (χ3v) is 18.3. The molecule has 1 amide bonds. The lowest BCUT2D eigenvalue weighted by atomic mass is 9.79. The minimum absolute atomic E-state index is 0.00719. The predicted octanol–water partition coefficient (Wildman–Crippen LogP) is 7.48. The van der Waals surface area contributed by atoms with Crippen LogP contribution < -0.4 is 15.4 Å². The maximum absolute atomic E-state index is 13.9. The summed E-state index contributed by atoms with van der Waals surface area (Å²) in [6.07, 6.45) is 9.95. The smallest absolute Gasteiger partial charge is 0.295 e. The van der Waals surface area contributed by atoms with Crippen LogP contribution in [0.1, 0.15) is 86.6 Å². The van der Waals surface area contributed by atoms with E-state index in [1.54, 1.807) is 49.1 Å². The van der Waals surface area contributed by atoms with Gasteiger partial charge in [0, 0.05) is 76.7 Å². The normalized spacial score (nSPS) is 16.4. The molecule has 7 N–H and O–H groups in total. The third kappa shape index (κ3) is 11.8. The van der Waals surface area contributed by atoms with Crippen molar-refractivity contribution in [2.75, 3.05) is 23.7 Å². The summed E-state index contributed by atoms with van der Waals surface area (Å²) in [5, 5.41) is 9.37. The van der Waals surface area contributed by atoms with Gasteiger partial charge in [0.05, 0.1) is 31.5 Å². The number of fused-ring (bicyclic) bond motifs is 6. The van der Waals surface area contributed by atoms with Gasteiger partial charge in [-0.2, -0.15) is 38.2 Å². The van der Waals surface area contributed by atoms with E-state index >= 15 is 0 Å². The Labute approximate surface area is 452 Å². The zero-order valence-electron chi connectivity index (χ0n) is 42.7. The fraction of sp³-hybridized carbons (Fsp3) is 0.264. The number of nitrogens with two attached hydrogens (primary N) is 1. The lowest BCUT2D eigenvalue weighted by Crippen LogP contribution is -2.28. The maximum Gasteiger partial charge on any atom is 0.295 e. The number of hydrogen-bond acceptors (Lipinski definition) is 13. The van der Waals surface area contributed by atoms with E-state index in [0.717, 1.165) is 41.3 Å². The Morgan fingerprint density at radius 3 is 2.00 bits per heavy atom. The van der Waals surface area contributed by atoms with Gasteiger partial charge in [0.25, 0.3) is 46.4 Å². The second-order valence-corrected chi connectivity index (χ2v) is 27.4. The number of rotatable bonds is 18. The minimum Gasteiger partial charge on any atom is -0.348 e. The number of anilines is 1. The van der Waals surface area contributed by atoms with E-state index in [1.165, 1.54) is 60.8 Å². The van der Waals surface area contributed by atoms with E-state index < -0.39 is 82.8 Å². The van der Waals surface area contributed by atoms with Gasteiger partial charge in [-0.15, -0.1) is 0 Å². The number of hydrogen-bond donors (Lipinski definition) is 6. The van der Waals surface area contributed by atoms with Gasteiger partial charge < -0.3 is 10.2 Å². The summed E-state index contributed by atoms with van der Waals surface area (Å²) in [5.74, 6) is -1.17. The zero-order chi connectivity index (χ0) is 57.1. The molecule has 2 aliphatic rings. The molecule has 6 aromatic rings. The predicted molar refractivity (Wildman–Crippen MR) is 295 cm³/mol. The van der Waals surface area contributed by atoms with Crippen LogP contribution in [0.25, 0.3) is 27.1 Å². The molecule has 3 heterocycles. The monoisotopic (exact) mass is 1160 g/mol. The van der Waals surface area contributed by atoms with Crippen LogP contribution in [0.15, 0.2) is 147 Å². The third-order valence-electron chi connectivity index (χ3n) is 14.0. The van der Waals surface area contributed by atoms with Crippen molar-refractivity contribution in [2.24, 2.45) is 5.14 Å². The van der Waals surface area contributed by atoms with Gasteiger partial charge in [-0.3, -0.25) is 28.0 Å². The van der Waals surface area contributed by atoms with Gasteiger partial charge in [-0.25, -0.2) is 13.6 Å². The average molecular weight is 1160 g/mol. The molecule has 0 radical (unpaired) electrons. The second-order valence-electron chi connectivity index (χ2n) is 20.0. The van der Waals surface area contributed by atoms with Crippen LogP contribution in [-0.4, -0.2) is 100 Å². The van der Waals surface area contributed by atoms with Gasteiger partial charge in [0.2, 0.25) is 15.7 Å². The Kier molecular flexibility index (Phi) is 15.5. The van der Waals surface area contributed by atoms with E-state index in [4.69, 9.17) is 5.14 Å². The van der Waals surface area contributed by atoms with Crippen LogP contribution in [0.2, 0.25) is 0 Å². The second kappa shape index (κ2) is 20.9. The van der Waals surface area contributed by atoms with Crippen molar-refractivity contribution in [3.05, 3.63) is 155 Å². The minimum atomic E-state index is -5.09. The van der Waals surface area contributed by atoms with E-state index in [9.17, 15) is 65.1 Å². The topological polar surface area (TPSA) is 326 Å². The number of aromatic nitrogens is 1. The molecule has 0 saturated heterocycles. The number of carbonyl (C=O) groups is 1. The van der Waals surface area contributed by atoms with E-state index in [0.29, 0.717) is 46.1 Å². The van der Waals surface area contributed by atoms with Crippen molar-refractivity contribution < 1.29 is 69.7 Å². The number of nitrogens with one attached hydrogen (secondary N) is 1. The van der Waals surface area contributed by atoms with Gasteiger partial charge in [-0.1, -0.05) is 57.5 Å². The molecule has 0 aliphatic carbocycles. The molecule has 0 atom stereocenters. The quantitative estimate of drug-likeness (QED) is 0.0276. The SMILES string of the molecule is CCCC[N+]1=C(/C=C/C(=C/C=C2/N(CCCS(=O)(=O)O)c3ccc4c(S(=O)(=O)O)cc(S(=O)(=O)O)cc4c3C2(C)C)c2cc(C(=O)NCc3ccc(S(N)(=O)=O)cc3)ccn2)C(C)(C)c2c1ccc1ccc(S(=O)(=O)O)cc21. The number of pyridine rings is 1. The molecule has 0 saturated carbocycles. The number of primary sulfonamides is 1. The summed E-state index contributed by atoms with van der Waals surface area (Å²) in [6.45, 7) is 10.0. The summed E-state index contributed by atoms with van der Waals surface area (Å²) in [4.78, 5) is 18.3. The fourth-order valence-electron chi connectivity index (χ4n) is 10.3. The molecule has 8 rings (SSSR count). The first-order valence-electron chi connectivity index (χ1n) is 24.2. The highest BCUT2D eigenvalue weighted by Crippen LogP contribution is 2.52. The molecular formula is C53H56N5O15S5+. The molecule has 412 valence electrons. The standard InChI is InChI=1S/C53H55N5O15S5/c1-6-7-25-57-44-19-12-34-11-17-38(76(65,66)67)29-41(34)49(44)52(2,3)47(57)21-13-35(43-28-36(23-24-55-43)51(59)56-32-33-9-15-37(16-10-33)75(54,63)64)14-22-48-53(4,5)50-42-30-39(77(68,69)70)31-46(78(71,72)73)40(42)18-20-45(50)58(48)26-8-27-74(60,61)62/h9-24,28-31H,6-8,25-27,32H2,1-5H3,(H6-,54,56,59,60,61,62,63,64,65,66,67,68,69,70,71,72,73)/p+1. The number of allylic oxidation sites excluding steroid dienone is 6. The molecule has 0 fully saturated rings. The number of carbonyl (C=O) groups excluding carboxylic acids is 1. The first kappa shape index (κ1) is 57.6. The Hall–Kier alpha value is -6.52. The Bertz CT molecular complexity index is 4210. The fourth-order valence-corrected chi connectivity index (χ4v) is 13.2. The number of benzene rings is 5. The van der Waals surface area contributed by atoms with E-state index in [-0.39, 0.29) is 51.3 Å². The highest BCUT2D eigenvalue weighted by molar-refractivity contribution is 7.89. The van der Waals surface area contributed by atoms with Gasteiger partial charge in [0.1, 0.15) is 11.4 Å². The van der Waals surface area contributed by atoms with Crippen molar-refractivity contribution in [2.45, 2.75) is 90.8 Å². The van der Waals surface area contributed by atoms with Gasteiger partial charge in [0.15, 0.2) is 5.71 Å². The summed E-state index contributed by atoms with van der Waals surface area (Å²) in [6, 6.07) is 21.6. The maximum atomic E-state index is 13.9. The Balaban J connectivity index is 1.32. The zero-order valence-corrected chi connectivity index (χ0v) is 46.8. The number of unbranched alkanes of at least 4 members (excludes halogenated alkanes) is 1.